The minimum atomic E-state index is 0.568. The molecule has 0 spiro atoms. The van der Waals surface area contributed by atoms with E-state index in [4.69, 9.17) is 5.73 Å². The lowest BCUT2D eigenvalue weighted by molar-refractivity contribution is 0.248. The first-order chi connectivity index (χ1) is 9.33. The van der Waals surface area contributed by atoms with E-state index in [2.05, 4.69) is 47.4 Å². The van der Waals surface area contributed by atoms with Gasteiger partial charge in [-0.2, -0.15) is 0 Å². The summed E-state index contributed by atoms with van der Waals surface area (Å²) >= 11 is 0. The maximum Gasteiger partial charge on any atom is 0.0352 e. The Hall–Kier alpha value is -1.80. The van der Waals surface area contributed by atoms with Crippen molar-refractivity contribution in [3.63, 3.8) is 0 Å². The molecule has 1 atom stereocenters. The number of nitrogen functional groups attached to an aromatic ring is 1. The van der Waals surface area contributed by atoms with Gasteiger partial charge in [0.25, 0.3) is 0 Å². The summed E-state index contributed by atoms with van der Waals surface area (Å²) in [4.78, 5) is 2.57. The van der Waals surface area contributed by atoms with Crippen LogP contribution in [0.2, 0.25) is 0 Å². The van der Waals surface area contributed by atoms with Crippen molar-refractivity contribution in [2.75, 3.05) is 12.3 Å². The largest absolute Gasteiger partial charge is 0.399 e. The third kappa shape index (κ3) is 2.79. The Labute approximate surface area is 114 Å². The van der Waals surface area contributed by atoms with Crippen LogP contribution in [0.25, 0.3) is 0 Å². The minimum absolute atomic E-state index is 0.568. The zero-order chi connectivity index (χ0) is 13.1. The first-order valence-electron chi connectivity index (χ1n) is 6.96. The van der Waals surface area contributed by atoms with Gasteiger partial charge < -0.3 is 5.73 Å². The zero-order valence-corrected chi connectivity index (χ0v) is 11.1. The summed E-state index contributed by atoms with van der Waals surface area (Å²) in [5.41, 5.74) is 9.36. The molecule has 98 valence electrons. The Morgan fingerprint density at radius 2 is 1.74 bits per heavy atom. The quantitative estimate of drug-likeness (QED) is 0.846. The lowest BCUT2D eigenvalue weighted by Crippen LogP contribution is -2.22. The van der Waals surface area contributed by atoms with Crippen molar-refractivity contribution >= 4 is 5.69 Å². The summed E-state index contributed by atoms with van der Waals surface area (Å²) < 4.78 is 0. The molecule has 1 fully saturated rings. The monoisotopic (exact) mass is 252 g/mol. The molecule has 1 unspecified atom stereocenters. The molecule has 1 aliphatic heterocycles. The highest BCUT2D eigenvalue weighted by atomic mass is 15.2. The van der Waals surface area contributed by atoms with Crippen LogP contribution in [0.1, 0.15) is 30.0 Å². The minimum Gasteiger partial charge on any atom is -0.399 e. The van der Waals surface area contributed by atoms with E-state index in [1.54, 1.807) is 0 Å². The molecule has 1 aliphatic rings. The van der Waals surface area contributed by atoms with Crippen LogP contribution in [0, 0.1) is 0 Å². The number of hydrogen-bond donors (Lipinski definition) is 1. The summed E-state index contributed by atoms with van der Waals surface area (Å²) in [6.45, 7) is 2.20. The fourth-order valence-corrected chi connectivity index (χ4v) is 2.93. The van der Waals surface area contributed by atoms with E-state index in [0.29, 0.717) is 6.04 Å². The molecule has 0 aromatic heterocycles. The van der Waals surface area contributed by atoms with E-state index in [1.165, 1.54) is 30.5 Å². The van der Waals surface area contributed by atoms with Crippen molar-refractivity contribution in [2.24, 2.45) is 0 Å². The fourth-order valence-electron chi connectivity index (χ4n) is 2.93. The normalized spacial score (nSPS) is 19.7. The topological polar surface area (TPSA) is 29.3 Å². The highest BCUT2D eigenvalue weighted by Gasteiger charge is 2.25. The number of nitrogens with zero attached hydrogens (tertiary/aromatic N) is 1. The molecule has 0 bridgehead atoms. The number of benzene rings is 2. The molecule has 2 aromatic rings. The lowest BCUT2D eigenvalue weighted by Gasteiger charge is -2.25. The molecule has 2 nitrogen and oxygen atoms in total. The van der Waals surface area contributed by atoms with Crippen LogP contribution < -0.4 is 5.73 Å². The Bertz CT molecular complexity index is 519. The van der Waals surface area contributed by atoms with Crippen LogP contribution >= 0.6 is 0 Å². The summed E-state index contributed by atoms with van der Waals surface area (Å²) in [6.07, 6.45) is 2.55. The fraction of sp³-hybridized carbons (Fsp3) is 0.294. The lowest BCUT2D eigenvalue weighted by atomic mass is 10.0. The van der Waals surface area contributed by atoms with E-state index in [9.17, 15) is 0 Å². The predicted molar refractivity (Wildman–Crippen MR) is 79.7 cm³/mol. The molecule has 2 aromatic carbocycles. The maximum atomic E-state index is 5.74. The van der Waals surface area contributed by atoms with Gasteiger partial charge in [0.2, 0.25) is 0 Å². The van der Waals surface area contributed by atoms with Crippen LogP contribution in [0.15, 0.2) is 54.6 Å². The van der Waals surface area contributed by atoms with Crippen LogP contribution in [0.3, 0.4) is 0 Å². The Kier molecular flexibility index (Phi) is 3.51. The molecule has 0 radical (unpaired) electrons. The third-order valence-electron chi connectivity index (χ3n) is 3.91. The van der Waals surface area contributed by atoms with Crippen molar-refractivity contribution in [3.05, 3.63) is 65.7 Å². The van der Waals surface area contributed by atoms with Gasteiger partial charge >= 0.3 is 0 Å². The maximum absolute atomic E-state index is 5.74. The number of anilines is 1. The standard InChI is InChI=1S/C17H20N2/c18-16-10-8-14(9-11-16)13-19-12-4-7-17(19)15-5-2-1-3-6-15/h1-3,5-6,8-11,17H,4,7,12-13,18H2. The van der Waals surface area contributed by atoms with Crippen molar-refractivity contribution < 1.29 is 0 Å². The van der Waals surface area contributed by atoms with Gasteiger partial charge in [0.05, 0.1) is 0 Å². The first kappa shape index (κ1) is 12.2. The van der Waals surface area contributed by atoms with E-state index in [-0.39, 0.29) is 0 Å². The second-order valence-electron chi connectivity index (χ2n) is 5.28. The van der Waals surface area contributed by atoms with Gasteiger partial charge in [-0.25, -0.2) is 0 Å². The molecule has 0 saturated carbocycles. The highest BCUT2D eigenvalue weighted by molar-refractivity contribution is 5.39. The molecule has 0 aliphatic carbocycles. The second-order valence-corrected chi connectivity index (χ2v) is 5.28. The molecule has 2 N–H and O–H groups in total. The average molecular weight is 252 g/mol. The molecule has 2 heteroatoms. The van der Waals surface area contributed by atoms with Gasteiger partial charge in [0, 0.05) is 18.3 Å². The summed E-state index contributed by atoms with van der Waals surface area (Å²) in [6, 6.07) is 19.7. The van der Waals surface area contributed by atoms with E-state index in [0.717, 1.165) is 12.2 Å². The van der Waals surface area contributed by atoms with E-state index >= 15 is 0 Å². The van der Waals surface area contributed by atoms with Gasteiger partial charge in [-0.1, -0.05) is 42.5 Å². The van der Waals surface area contributed by atoms with Gasteiger partial charge in [0.1, 0.15) is 0 Å². The van der Waals surface area contributed by atoms with Crippen molar-refractivity contribution in [1.29, 1.82) is 0 Å². The molecule has 1 heterocycles. The van der Waals surface area contributed by atoms with Gasteiger partial charge in [-0.15, -0.1) is 0 Å². The smallest absolute Gasteiger partial charge is 0.0352 e. The van der Waals surface area contributed by atoms with Gasteiger partial charge in [-0.05, 0) is 42.6 Å². The van der Waals surface area contributed by atoms with E-state index < -0.39 is 0 Å². The number of hydrogen-bond acceptors (Lipinski definition) is 2. The average Bonchev–Trinajstić information content (AvgIpc) is 2.90. The highest BCUT2D eigenvalue weighted by Crippen LogP contribution is 2.32. The SMILES string of the molecule is Nc1ccc(CN2CCCC2c2ccccc2)cc1. The third-order valence-corrected chi connectivity index (χ3v) is 3.91. The zero-order valence-electron chi connectivity index (χ0n) is 11.1. The van der Waals surface area contributed by atoms with Gasteiger partial charge in [0.15, 0.2) is 0 Å². The molecular weight excluding hydrogens is 232 g/mol. The second kappa shape index (κ2) is 5.45. The van der Waals surface area contributed by atoms with Crippen molar-refractivity contribution in [3.8, 4) is 0 Å². The number of nitrogens with two attached hydrogens (primary N) is 1. The van der Waals surface area contributed by atoms with Gasteiger partial charge in [-0.3, -0.25) is 4.90 Å². The summed E-state index contributed by atoms with van der Waals surface area (Å²) in [5.74, 6) is 0. The molecule has 19 heavy (non-hydrogen) atoms. The Balaban J connectivity index is 1.75. The van der Waals surface area contributed by atoms with Crippen molar-refractivity contribution in [1.82, 2.24) is 4.90 Å². The Morgan fingerprint density at radius 3 is 2.47 bits per heavy atom. The predicted octanol–water partition coefficient (Wildman–Crippen LogP) is 3.61. The summed E-state index contributed by atoms with van der Waals surface area (Å²) in [7, 11) is 0. The van der Waals surface area contributed by atoms with E-state index in [1.807, 2.05) is 12.1 Å². The van der Waals surface area contributed by atoms with Crippen LogP contribution in [-0.2, 0) is 6.54 Å². The molecular formula is C17H20N2. The Morgan fingerprint density at radius 1 is 1.00 bits per heavy atom. The van der Waals surface area contributed by atoms with Crippen molar-refractivity contribution in [2.45, 2.75) is 25.4 Å². The molecule has 0 amide bonds. The summed E-state index contributed by atoms with van der Waals surface area (Å²) in [5, 5.41) is 0. The number of rotatable bonds is 3. The van der Waals surface area contributed by atoms with Crippen LogP contribution in [0.4, 0.5) is 5.69 Å². The van der Waals surface area contributed by atoms with Crippen LogP contribution in [-0.4, -0.2) is 11.4 Å². The molecule has 1 saturated heterocycles. The molecule has 3 rings (SSSR count). The van der Waals surface area contributed by atoms with Crippen LogP contribution in [0.5, 0.6) is 0 Å². The first-order valence-corrected chi connectivity index (χ1v) is 6.96. The number of likely N-dealkylation sites (tertiary alicyclic amines) is 1.